The van der Waals surface area contributed by atoms with Gasteiger partial charge in [0.05, 0.1) is 0 Å². The average Bonchev–Trinajstić information content (AvgIpc) is 2.32. The largest absolute Gasteiger partial charge is 0.340 e. The quantitative estimate of drug-likeness (QED) is 0.835. The molecule has 4 heteroatoms. The molecule has 0 aromatic rings. The number of amides is 2. The zero-order chi connectivity index (χ0) is 14.1. The van der Waals surface area contributed by atoms with E-state index in [1.807, 2.05) is 27.7 Å². The van der Waals surface area contributed by atoms with E-state index in [1.165, 1.54) is 0 Å². The summed E-state index contributed by atoms with van der Waals surface area (Å²) in [7, 11) is 0. The highest BCUT2D eigenvalue weighted by molar-refractivity contribution is 6.01. The molecule has 0 aromatic heterocycles. The van der Waals surface area contributed by atoms with Crippen molar-refractivity contribution in [1.82, 2.24) is 10.2 Å². The average molecular weight is 254 g/mol. The third kappa shape index (κ3) is 2.13. The van der Waals surface area contributed by atoms with E-state index in [-0.39, 0.29) is 17.9 Å². The molecule has 0 aromatic carbocycles. The molecule has 1 aliphatic rings. The number of nitrogens with zero attached hydrogens (tertiary/aromatic N) is 1. The first-order valence-corrected chi connectivity index (χ1v) is 6.91. The van der Waals surface area contributed by atoms with Gasteiger partial charge in [-0.3, -0.25) is 9.59 Å². The molecule has 1 aliphatic heterocycles. The maximum Gasteiger partial charge on any atom is 0.249 e. The predicted octanol–water partition coefficient (Wildman–Crippen LogP) is 2.08. The molecule has 1 saturated heterocycles. The molecule has 0 spiro atoms. The van der Waals surface area contributed by atoms with Gasteiger partial charge in [0.25, 0.3) is 0 Å². The molecule has 1 heterocycles. The van der Waals surface area contributed by atoms with Crippen molar-refractivity contribution in [2.75, 3.05) is 0 Å². The van der Waals surface area contributed by atoms with Gasteiger partial charge in [0.2, 0.25) is 11.8 Å². The summed E-state index contributed by atoms with van der Waals surface area (Å²) in [4.78, 5) is 26.8. The van der Waals surface area contributed by atoms with Crippen LogP contribution < -0.4 is 5.32 Å². The topological polar surface area (TPSA) is 49.4 Å². The van der Waals surface area contributed by atoms with Crippen LogP contribution in [-0.4, -0.2) is 33.8 Å². The van der Waals surface area contributed by atoms with Gasteiger partial charge >= 0.3 is 0 Å². The highest BCUT2D eigenvalue weighted by Gasteiger charge is 2.52. The second-order valence-electron chi connectivity index (χ2n) is 5.84. The van der Waals surface area contributed by atoms with Crippen LogP contribution in [-0.2, 0) is 9.59 Å². The van der Waals surface area contributed by atoms with Crippen LogP contribution in [0.5, 0.6) is 0 Å². The Hall–Kier alpha value is -1.06. The van der Waals surface area contributed by atoms with Gasteiger partial charge in [-0.25, -0.2) is 0 Å². The molecule has 4 nitrogen and oxygen atoms in total. The molecule has 1 fully saturated rings. The Balaban J connectivity index is 3.23. The maximum atomic E-state index is 12.7. The van der Waals surface area contributed by atoms with Crippen molar-refractivity contribution >= 4 is 11.8 Å². The Morgan fingerprint density at radius 1 is 1.11 bits per heavy atom. The van der Waals surface area contributed by atoms with Crippen molar-refractivity contribution in [2.45, 2.75) is 77.9 Å². The molecule has 1 rings (SSSR count). The zero-order valence-electron chi connectivity index (χ0n) is 12.5. The van der Waals surface area contributed by atoms with Crippen LogP contribution >= 0.6 is 0 Å². The second-order valence-corrected chi connectivity index (χ2v) is 5.84. The molecule has 0 radical (unpaired) electrons. The van der Waals surface area contributed by atoms with E-state index in [0.717, 1.165) is 12.8 Å². The van der Waals surface area contributed by atoms with Gasteiger partial charge < -0.3 is 10.2 Å². The summed E-state index contributed by atoms with van der Waals surface area (Å²) < 4.78 is 0. The molecule has 1 N–H and O–H groups in total. The molecule has 18 heavy (non-hydrogen) atoms. The lowest BCUT2D eigenvalue weighted by Crippen LogP contribution is -2.74. The van der Waals surface area contributed by atoms with Gasteiger partial charge in [-0.05, 0) is 40.0 Å². The van der Waals surface area contributed by atoms with Crippen LogP contribution in [0.1, 0.15) is 60.8 Å². The smallest absolute Gasteiger partial charge is 0.249 e. The molecule has 0 bridgehead atoms. The first-order chi connectivity index (χ1) is 8.24. The number of piperazine rings is 1. The molecule has 2 amide bonds. The Labute approximate surface area is 110 Å². The molecule has 0 saturated carbocycles. The summed E-state index contributed by atoms with van der Waals surface area (Å²) in [5, 5.41) is 2.89. The van der Waals surface area contributed by atoms with Crippen molar-refractivity contribution in [3.63, 3.8) is 0 Å². The van der Waals surface area contributed by atoms with E-state index in [0.29, 0.717) is 6.42 Å². The predicted molar refractivity (Wildman–Crippen MR) is 72.1 cm³/mol. The van der Waals surface area contributed by atoms with Gasteiger partial charge in [0.1, 0.15) is 11.1 Å². The van der Waals surface area contributed by atoms with Crippen molar-refractivity contribution < 1.29 is 9.59 Å². The third-order valence-corrected chi connectivity index (χ3v) is 4.25. The fourth-order valence-corrected chi connectivity index (χ4v) is 2.60. The molecular formula is C14H26N2O2. The van der Waals surface area contributed by atoms with Gasteiger partial charge in [-0.2, -0.15) is 0 Å². The highest BCUT2D eigenvalue weighted by Crippen LogP contribution is 2.31. The van der Waals surface area contributed by atoms with Crippen LogP contribution in [0.2, 0.25) is 0 Å². The standard InChI is InChI=1S/C14H26N2O2/c1-7-10(8-2)16-12(18)14(6,9-3)15-11(17)13(16,4)5/h10H,7-9H2,1-6H3,(H,15,17). The minimum atomic E-state index is -0.761. The maximum absolute atomic E-state index is 12.7. The molecular weight excluding hydrogens is 228 g/mol. The van der Waals surface area contributed by atoms with Crippen molar-refractivity contribution in [1.29, 1.82) is 0 Å². The molecule has 1 atom stereocenters. The van der Waals surface area contributed by atoms with E-state index >= 15 is 0 Å². The summed E-state index contributed by atoms with van der Waals surface area (Å²) in [6, 6.07) is 0.129. The van der Waals surface area contributed by atoms with E-state index in [1.54, 1.807) is 4.90 Å². The lowest BCUT2D eigenvalue weighted by Gasteiger charge is -2.51. The summed E-state index contributed by atoms with van der Waals surface area (Å²) in [5.74, 6) is -0.0124. The van der Waals surface area contributed by atoms with Crippen LogP contribution in [0, 0.1) is 0 Å². The first kappa shape index (κ1) is 15.0. The van der Waals surface area contributed by atoms with E-state index in [2.05, 4.69) is 19.2 Å². The van der Waals surface area contributed by atoms with Crippen molar-refractivity contribution in [3.8, 4) is 0 Å². The number of nitrogens with one attached hydrogen (secondary N) is 1. The number of hydrogen-bond acceptors (Lipinski definition) is 2. The fourth-order valence-electron chi connectivity index (χ4n) is 2.60. The van der Waals surface area contributed by atoms with Crippen LogP contribution in [0.3, 0.4) is 0 Å². The number of hydrogen-bond donors (Lipinski definition) is 1. The first-order valence-electron chi connectivity index (χ1n) is 6.91. The van der Waals surface area contributed by atoms with Crippen molar-refractivity contribution in [2.24, 2.45) is 0 Å². The summed E-state index contributed by atoms with van der Waals surface area (Å²) in [5.41, 5.74) is -1.52. The normalized spacial score (nSPS) is 27.6. The van der Waals surface area contributed by atoms with Crippen LogP contribution in [0.4, 0.5) is 0 Å². The van der Waals surface area contributed by atoms with Gasteiger partial charge in [-0.1, -0.05) is 20.8 Å². The van der Waals surface area contributed by atoms with Crippen LogP contribution in [0.15, 0.2) is 0 Å². The van der Waals surface area contributed by atoms with Gasteiger partial charge in [-0.15, -0.1) is 0 Å². The van der Waals surface area contributed by atoms with E-state index in [9.17, 15) is 9.59 Å². The van der Waals surface area contributed by atoms with E-state index < -0.39 is 11.1 Å². The van der Waals surface area contributed by atoms with Crippen LogP contribution in [0.25, 0.3) is 0 Å². The monoisotopic (exact) mass is 254 g/mol. The van der Waals surface area contributed by atoms with E-state index in [4.69, 9.17) is 0 Å². The zero-order valence-corrected chi connectivity index (χ0v) is 12.5. The second kappa shape index (κ2) is 4.90. The lowest BCUT2D eigenvalue weighted by atomic mass is 9.84. The SMILES string of the molecule is CCC(CC)N1C(=O)C(C)(CC)NC(=O)C1(C)C. The number of carbonyl (C=O) groups excluding carboxylic acids is 2. The molecule has 0 aliphatic carbocycles. The third-order valence-electron chi connectivity index (χ3n) is 4.25. The summed E-state index contributed by atoms with van der Waals surface area (Å²) >= 11 is 0. The number of rotatable bonds is 4. The Morgan fingerprint density at radius 3 is 2.00 bits per heavy atom. The fraction of sp³-hybridized carbons (Fsp3) is 0.857. The minimum absolute atomic E-state index is 0.0447. The Morgan fingerprint density at radius 2 is 1.61 bits per heavy atom. The molecule has 104 valence electrons. The van der Waals surface area contributed by atoms with Gasteiger partial charge in [0, 0.05) is 6.04 Å². The molecule has 1 unspecified atom stereocenters. The Bertz CT molecular complexity index is 348. The Kier molecular flexibility index (Phi) is 4.08. The number of carbonyl (C=O) groups is 2. The summed E-state index contributed by atoms with van der Waals surface area (Å²) in [6.45, 7) is 11.5. The lowest BCUT2D eigenvalue weighted by molar-refractivity contribution is -0.164. The van der Waals surface area contributed by atoms with Gasteiger partial charge in [0.15, 0.2) is 0 Å². The highest BCUT2D eigenvalue weighted by atomic mass is 16.2. The minimum Gasteiger partial charge on any atom is -0.340 e. The summed E-state index contributed by atoms with van der Waals surface area (Å²) in [6.07, 6.45) is 2.36. The van der Waals surface area contributed by atoms with Crippen molar-refractivity contribution in [3.05, 3.63) is 0 Å².